The van der Waals surface area contributed by atoms with E-state index >= 15 is 0 Å². The Labute approximate surface area is 133 Å². The molecule has 4 atom stereocenters. The first kappa shape index (κ1) is 16.3. The smallest absolute Gasteiger partial charge is 0.251 e. The third-order valence-electron chi connectivity index (χ3n) is 5.25. The second kappa shape index (κ2) is 6.80. The van der Waals surface area contributed by atoms with Gasteiger partial charge in [-0.2, -0.15) is 0 Å². The summed E-state index contributed by atoms with van der Waals surface area (Å²) >= 11 is 0. The maximum Gasteiger partial charge on any atom is 0.251 e. The second-order valence-corrected chi connectivity index (χ2v) is 6.50. The van der Waals surface area contributed by atoms with E-state index in [9.17, 15) is 4.79 Å². The highest BCUT2D eigenvalue weighted by Gasteiger charge is 2.42. The molecule has 3 nitrogen and oxygen atoms in total. The van der Waals surface area contributed by atoms with Crippen LogP contribution in [0.1, 0.15) is 48.5 Å². The van der Waals surface area contributed by atoms with Gasteiger partial charge >= 0.3 is 0 Å². The summed E-state index contributed by atoms with van der Waals surface area (Å²) in [5, 5.41) is 3.19. The Kier molecular flexibility index (Phi) is 5.28. The van der Waals surface area contributed by atoms with Crippen molar-refractivity contribution < 1.29 is 4.79 Å². The molecule has 116 valence electrons. The molecule has 2 aliphatic carbocycles. The first-order valence-electron chi connectivity index (χ1n) is 7.77. The van der Waals surface area contributed by atoms with E-state index in [0.29, 0.717) is 12.5 Å². The SMILES string of the molecule is CC(NC(=O)c1ccc(CN)cc1)C1CC2CCC1C2.Cl. The van der Waals surface area contributed by atoms with Gasteiger partial charge in [-0.3, -0.25) is 4.79 Å². The first-order valence-corrected chi connectivity index (χ1v) is 7.77. The van der Waals surface area contributed by atoms with Crippen molar-refractivity contribution in [3.05, 3.63) is 35.4 Å². The molecule has 0 heterocycles. The lowest BCUT2D eigenvalue weighted by Crippen LogP contribution is -2.40. The molecule has 2 fully saturated rings. The van der Waals surface area contributed by atoms with E-state index in [1.165, 1.54) is 25.7 Å². The van der Waals surface area contributed by atoms with Crippen LogP contribution in [0.4, 0.5) is 0 Å². The molecule has 3 N–H and O–H groups in total. The van der Waals surface area contributed by atoms with Crippen LogP contribution in [0.5, 0.6) is 0 Å². The number of carbonyl (C=O) groups is 1. The summed E-state index contributed by atoms with van der Waals surface area (Å²) in [4.78, 5) is 12.3. The predicted octanol–water partition coefficient (Wildman–Crippen LogP) is 3.12. The molecule has 1 aromatic carbocycles. The number of nitrogens with two attached hydrogens (primary N) is 1. The van der Waals surface area contributed by atoms with Gasteiger partial charge in [0.25, 0.3) is 5.91 Å². The fourth-order valence-electron chi connectivity index (χ4n) is 4.10. The van der Waals surface area contributed by atoms with Crippen molar-refractivity contribution in [2.45, 2.75) is 45.2 Å². The van der Waals surface area contributed by atoms with Crippen LogP contribution in [0.15, 0.2) is 24.3 Å². The van der Waals surface area contributed by atoms with Crippen molar-refractivity contribution in [2.24, 2.45) is 23.5 Å². The number of hydrogen-bond acceptors (Lipinski definition) is 2. The van der Waals surface area contributed by atoms with Crippen LogP contribution in [0.25, 0.3) is 0 Å². The number of halogens is 1. The van der Waals surface area contributed by atoms with Crippen LogP contribution in [0.3, 0.4) is 0 Å². The highest BCUT2D eigenvalue weighted by molar-refractivity contribution is 5.94. The fraction of sp³-hybridized carbons (Fsp3) is 0.588. The topological polar surface area (TPSA) is 55.1 Å². The Morgan fingerprint density at radius 1 is 1.29 bits per heavy atom. The van der Waals surface area contributed by atoms with Gasteiger partial charge in [0.05, 0.1) is 0 Å². The molecule has 2 aliphatic rings. The van der Waals surface area contributed by atoms with E-state index in [1.54, 1.807) is 0 Å². The maximum absolute atomic E-state index is 12.3. The monoisotopic (exact) mass is 308 g/mol. The standard InChI is InChI=1S/C17H24N2O.ClH/c1-11(16-9-13-4-7-15(16)8-13)19-17(20)14-5-2-12(10-18)3-6-14;/h2-3,5-6,11,13,15-16H,4,7-10,18H2,1H3,(H,19,20);1H. The summed E-state index contributed by atoms with van der Waals surface area (Å²) in [7, 11) is 0. The highest BCUT2D eigenvalue weighted by Crippen LogP contribution is 2.49. The average Bonchev–Trinajstić information content (AvgIpc) is 3.10. The van der Waals surface area contributed by atoms with Crippen molar-refractivity contribution in [1.29, 1.82) is 0 Å². The minimum absolute atomic E-state index is 0. The zero-order valence-corrected chi connectivity index (χ0v) is 13.4. The minimum Gasteiger partial charge on any atom is -0.349 e. The Morgan fingerprint density at radius 3 is 2.52 bits per heavy atom. The molecular weight excluding hydrogens is 284 g/mol. The van der Waals surface area contributed by atoms with Crippen molar-refractivity contribution in [1.82, 2.24) is 5.32 Å². The van der Waals surface area contributed by atoms with E-state index in [4.69, 9.17) is 5.73 Å². The van der Waals surface area contributed by atoms with Gasteiger partial charge in [0.2, 0.25) is 0 Å². The van der Waals surface area contributed by atoms with Gasteiger partial charge in [0.15, 0.2) is 0 Å². The molecule has 2 bridgehead atoms. The number of fused-ring (bicyclic) bond motifs is 2. The number of carbonyl (C=O) groups excluding carboxylic acids is 1. The summed E-state index contributed by atoms with van der Waals surface area (Å²) in [6.07, 6.45) is 5.46. The van der Waals surface area contributed by atoms with Crippen molar-refractivity contribution in [2.75, 3.05) is 0 Å². The van der Waals surface area contributed by atoms with Gasteiger partial charge in [-0.25, -0.2) is 0 Å². The molecule has 4 heteroatoms. The summed E-state index contributed by atoms with van der Waals surface area (Å²) in [5.74, 6) is 2.49. The molecule has 0 spiro atoms. The van der Waals surface area contributed by atoms with Gasteiger partial charge in [-0.05, 0) is 61.6 Å². The molecule has 3 rings (SSSR count). The van der Waals surface area contributed by atoms with E-state index in [-0.39, 0.29) is 24.4 Å². The van der Waals surface area contributed by atoms with Crippen LogP contribution in [0.2, 0.25) is 0 Å². The molecular formula is C17H25ClN2O. The zero-order valence-electron chi connectivity index (χ0n) is 12.5. The van der Waals surface area contributed by atoms with E-state index in [2.05, 4.69) is 12.2 Å². The fourth-order valence-corrected chi connectivity index (χ4v) is 4.10. The lowest BCUT2D eigenvalue weighted by Gasteiger charge is -2.28. The molecule has 0 saturated heterocycles. The molecule has 0 aliphatic heterocycles. The van der Waals surface area contributed by atoms with Crippen molar-refractivity contribution in [3.8, 4) is 0 Å². The Bertz CT molecular complexity index is 488. The van der Waals surface area contributed by atoms with Gasteiger partial charge in [-0.15, -0.1) is 12.4 Å². The number of hydrogen-bond donors (Lipinski definition) is 2. The molecule has 0 aromatic heterocycles. The third kappa shape index (κ3) is 3.41. The maximum atomic E-state index is 12.3. The van der Waals surface area contributed by atoms with Crippen LogP contribution < -0.4 is 11.1 Å². The van der Waals surface area contributed by atoms with Crippen molar-refractivity contribution in [3.63, 3.8) is 0 Å². The Hall–Kier alpha value is -1.06. The molecule has 4 unspecified atom stereocenters. The van der Waals surface area contributed by atoms with Gasteiger partial charge < -0.3 is 11.1 Å². The summed E-state index contributed by atoms with van der Waals surface area (Å²) in [6.45, 7) is 2.68. The first-order chi connectivity index (χ1) is 9.67. The molecule has 21 heavy (non-hydrogen) atoms. The van der Waals surface area contributed by atoms with Crippen LogP contribution in [-0.4, -0.2) is 11.9 Å². The van der Waals surface area contributed by atoms with Gasteiger partial charge in [0.1, 0.15) is 0 Å². The van der Waals surface area contributed by atoms with E-state index in [0.717, 1.165) is 23.0 Å². The average molecular weight is 309 g/mol. The number of nitrogens with one attached hydrogen (secondary N) is 1. The predicted molar refractivity (Wildman–Crippen MR) is 87.4 cm³/mol. The van der Waals surface area contributed by atoms with Crippen LogP contribution in [0, 0.1) is 17.8 Å². The van der Waals surface area contributed by atoms with E-state index in [1.807, 2.05) is 24.3 Å². The summed E-state index contributed by atoms with van der Waals surface area (Å²) in [5.41, 5.74) is 7.37. The van der Waals surface area contributed by atoms with Gasteiger partial charge in [0, 0.05) is 18.2 Å². The lowest BCUT2D eigenvalue weighted by atomic mass is 9.84. The third-order valence-corrected chi connectivity index (χ3v) is 5.25. The lowest BCUT2D eigenvalue weighted by molar-refractivity contribution is 0.0915. The number of rotatable bonds is 4. The Morgan fingerprint density at radius 2 is 2.00 bits per heavy atom. The second-order valence-electron chi connectivity index (χ2n) is 6.50. The van der Waals surface area contributed by atoms with Crippen molar-refractivity contribution >= 4 is 18.3 Å². The molecule has 1 amide bonds. The van der Waals surface area contributed by atoms with Crippen LogP contribution in [-0.2, 0) is 6.54 Å². The normalized spacial score (nSPS) is 28.0. The summed E-state index contributed by atoms with van der Waals surface area (Å²) in [6, 6.07) is 7.87. The van der Waals surface area contributed by atoms with Crippen LogP contribution >= 0.6 is 12.4 Å². The molecule has 2 saturated carbocycles. The summed E-state index contributed by atoms with van der Waals surface area (Å²) < 4.78 is 0. The minimum atomic E-state index is 0. The largest absolute Gasteiger partial charge is 0.349 e. The van der Waals surface area contributed by atoms with E-state index < -0.39 is 0 Å². The Balaban J connectivity index is 0.00000161. The molecule has 0 radical (unpaired) electrons. The number of amides is 1. The quantitative estimate of drug-likeness (QED) is 0.898. The van der Waals surface area contributed by atoms with Gasteiger partial charge in [-0.1, -0.05) is 18.6 Å². The molecule has 1 aromatic rings. The highest BCUT2D eigenvalue weighted by atomic mass is 35.5. The zero-order chi connectivity index (χ0) is 14.1. The number of benzene rings is 1.